The first-order chi connectivity index (χ1) is 6.66. The van der Waals surface area contributed by atoms with Crippen LogP contribution in [0.15, 0.2) is 0 Å². The van der Waals surface area contributed by atoms with Crippen LogP contribution in [-0.2, 0) is 4.79 Å². The van der Waals surface area contributed by atoms with Crippen LogP contribution in [0, 0.1) is 0 Å². The third-order valence-electron chi connectivity index (χ3n) is 1.80. The van der Waals surface area contributed by atoms with Gasteiger partial charge in [-0.2, -0.15) is 11.8 Å². The molecular formula is C10H22N2OS. The van der Waals surface area contributed by atoms with Crippen LogP contribution in [0.3, 0.4) is 0 Å². The van der Waals surface area contributed by atoms with Crippen molar-refractivity contribution in [2.45, 2.75) is 39.2 Å². The van der Waals surface area contributed by atoms with Gasteiger partial charge in [0.25, 0.3) is 0 Å². The molecule has 3 N–H and O–H groups in total. The van der Waals surface area contributed by atoms with Crippen molar-refractivity contribution in [1.29, 1.82) is 0 Å². The van der Waals surface area contributed by atoms with Crippen molar-refractivity contribution in [1.82, 2.24) is 5.32 Å². The van der Waals surface area contributed by atoms with E-state index < -0.39 is 0 Å². The standard InChI is InChI=1S/C10H22N2OS/c1-3-4-6-12-10(13)8-14-7-5-9(2)11/h9H,3-8,11H2,1-2H3,(H,12,13). The molecule has 0 saturated heterocycles. The fourth-order valence-electron chi connectivity index (χ4n) is 0.890. The van der Waals surface area contributed by atoms with Crippen LogP contribution < -0.4 is 11.1 Å². The number of unbranched alkanes of at least 4 members (excludes halogenated alkanes) is 1. The molecule has 14 heavy (non-hydrogen) atoms. The minimum Gasteiger partial charge on any atom is -0.355 e. The highest BCUT2D eigenvalue weighted by Crippen LogP contribution is 2.03. The summed E-state index contributed by atoms with van der Waals surface area (Å²) in [5.41, 5.74) is 5.59. The summed E-state index contributed by atoms with van der Waals surface area (Å²) in [4.78, 5) is 11.2. The zero-order valence-corrected chi connectivity index (χ0v) is 10.0. The molecule has 0 saturated carbocycles. The number of hydrogen-bond acceptors (Lipinski definition) is 3. The SMILES string of the molecule is CCCCNC(=O)CSCCC(C)N. The number of carbonyl (C=O) groups excluding carboxylic acids is 1. The second-order valence-corrected chi connectivity index (χ2v) is 4.63. The lowest BCUT2D eigenvalue weighted by Crippen LogP contribution is -2.26. The van der Waals surface area contributed by atoms with Gasteiger partial charge in [0.2, 0.25) is 5.91 Å². The Bertz CT molecular complexity index is 151. The quantitative estimate of drug-likeness (QED) is 0.605. The molecule has 1 unspecified atom stereocenters. The van der Waals surface area contributed by atoms with Crippen molar-refractivity contribution >= 4 is 17.7 Å². The van der Waals surface area contributed by atoms with Crippen molar-refractivity contribution in [2.75, 3.05) is 18.1 Å². The third-order valence-corrected chi connectivity index (χ3v) is 2.79. The molecule has 0 rings (SSSR count). The second-order valence-electron chi connectivity index (χ2n) is 3.52. The van der Waals surface area contributed by atoms with Crippen LogP contribution >= 0.6 is 11.8 Å². The van der Waals surface area contributed by atoms with Gasteiger partial charge in [-0.3, -0.25) is 4.79 Å². The van der Waals surface area contributed by atoms with Gasteiger partial charge in [0.05, 0.1) is 5.75 Å². The number of nitrogens with two attached hydrogens (primary N) is 1. The van der Waals surface area contributed by atoms with E-state index in [2.05, 4.69) is 12.2 Å². The highest BCUT2D eigenvalue weighted by atomic mass is 32.2. The lowest BCUT2D eigenvalue weighted by Gasteiger charge is -2.05. The summed E-state index contributed by atoms with van der Waals surface area (Å²) in [7, 11) is 0. The summed E-state index contributed by atoms with van der Waals surface area (Å²) in [6.07, 6.45) is 3.17. The molecule has 3 nitrogen and oxygen atoms in total. The number of carbonyl (C=O) groups is 1. The Kier molecular flexibility index (Phi) is 9.19. The number of amides is 1. The van der Waals surface area contributed by atoms with Crippen LogP contribution in [0.5, 0.6) is 0 Å². The fourth-order valence-corrected chi connectivity index (χ4v) is 1.86. The van der Waals surface area contributed by atoms with E-state index >= 15 is 0 Å². The van der Waals surface area contributed by atoms with Gasteiger partial charge in [0, 0.05) is 12.6 Å². The van der Waals surface area contributed by atoms with Gasteiger partial charge in [-0.25, -0.2) is 0 Å². The second kappa shape index (κ2) is 9.34. The van der Waals surface area contributed by atoms with Crippen molar-refractivity contribution < 1.29 is 4.79 Å². The monoisotopic (exact) mass is 218 g/mol. The summed E-state index contributed by atoms with van der Waals surface area (Å²) in [6, 6.07) is 0.241. The van der Waals surface area contributed by atoms with E-state index in [1.54, 1.807) is 11.8 Å². The topological polar surface area (TPSA) is 55.1 Å². The van der Waals surface area contributed by atoms with Crippen LogP contribution in [0.2, 0.25) is 0 Å². The molecule has 0 aromatic heterocycles. The van der Waals surface area contributed by atoms with Crippen molar-refractivity contribution in [3.05, 3.63) is 0 Å². The molecule has 4 heteroatoms. The van der Waals surface area contributed by atoms with Crippen LogP contribution in [0.4, 0.5) is 0 Å². The Balaban J connectivity index is 3.18. The molecule has 0 aromatic carbocycles. The lowest BCUT2D eigenvalue weighted by atomic mass is 10.3. The van der Waals surface area contributed by atoms with E-state index in [1.165, 1.54) is 0 Å². The summed E-state index contributed by atoms with van der Waals surface area (Å²) in [5.74, 6) is 1.68. The van der Waals surface area contributed by atoms with Crippen molar-refractivity contribution in [3.8, 4) is 0 Å². The summed E-state index contributed by atoms with van der Waals surface area (Å²) < 4.78 is 0. The number of hydrogen-bond donors (Lipinski definition) is 2. The van der Waals surface area contributed by atoms with Gasteiger partial charge in [-0.1, -0.05) is 13.3 Å². The zero-order valence-electron chi connectivity index (χ0n) is 9.21. The minimum atomic E-state index is 0.146. The molecule has 0 bridgehead atoms. The third kappa shape index (κ3) is 9.86. The Morgan fingerprint density at radius 1 is 1.57 bits per heavy atom. The average Bonchev–Trinajstić information content (AvgIpc) is 2.13. The smallest absolute Gasteiger partial charge is 0.229 e. The Hall–Kier alpha value is -0.220. The molecule has 0 aliphatic heterocycles. The Morgan fingerprint density at radius 2 is 2.29 bits per heavy atom. The number of rotatable bonds is 8. The normalized spacial score (nSPS) is 12.5. The maximum atomic E-state index is 11.2. The molecule has 1 atom stereocenters. The largest absolute Gasteiger partial charge is 0.355 e. The maximum Gasteiger partial charge on any atom is 0.229 e. The van der Waals surface area contributed by atoms with Crippen LogP contribution in [0.25, 0.3) is 0 Å². The zero-order chi connectivity index (χ0) is 10.8. The highest BCUT2D eigenvalue weighted by molar-refractivity contribution is 7.99. The number of thioether (sulfide) groups is 1. The summed E-state index contributed by atoms with van der Waals surface area (Å²) >= 11 is 1.66. The van der Waals surface area contributed by atoms with Crippen LogP contribution in [-0.4, -0.2) is 30.0 Å². The molecule has 84 valence electrons. The summed E-state index contributed by atoms with van der Waals surface area (Å²) in [5, 5.41) is 2.88. The van der Waals surface area contributed by atoms with Crippen LogP contribution in [0.1, 0.15) is 33.1 Å². The van der Waals surface area contributed by atoms with E-state index in [-0.39, 0.29) is 11.9 Å². The lowest BCUT2D eigenvalue weighted by molar-refractivity contribution is -0.118. The van der Waals surface area contributed by atoms with Gasteiger partial charge in [0.15, 0.2) is 0 Å². The summed E-state index contributed by atoms with van der Waals surface area (Å²) in [6.45, 7) is 4.91. The predicted molar refractivity (Wildman–Crippen MR) is 63.5 cm³/mol. The fraction of sp³-hybridized carbons (Fsp3) is 0.900. The highest BCUT2D eigenvalue weighted by Gasteiger charge is 2.00. The Labute approximate surface area is 91.2 Å². The van der Waals surface area contributed by atoms with Gasteiger partial charge < -0.3 is 11.1 Å². The average molecular weight is 218 g/mol. The van der Waals surface area contributed by atoms with Gasteiger partial charge in [0.1, 0.15) is 0 Å². The molecule has 0 aliphatic carbocycles. The molecule has 0 aromatic rings. The number of nitrogens with one attached hydrogen (secondary N) is 1. The van der Waals surface area contributed by atoms with E-state index in [9.17, 15) is 4.79 Å². The maximum absolute atomic E-state index is 11.2. The predicted octanol–water partition coefficient (Wildman–Crippen LogP) is 1.37. The van der Waals surface area contributed by atoms with Gasteiger partial charge in [-0.05, 0) is 25.5 Å². The molecule has 0 aliphatic rings. The first-order valence-electron chi connectivity index (χ1n) is 5.26. The molecule has 0 radical (unpaired) electrons. The Morgan fingerprint density at radius 3 is 2.86 bits per heavy atom. The first kappa shape index (κ1) is 13.8. The van der Waals surface area contributed by atoms with E-state index in [0.29, 0.717) is 5.75 Å². The van der Waals surface area contributed by atoms with Crippen molar-refractivity contribution in [2.24, 2.45) is 5.73 Å². The minimum absolute atomic E-state index is 0.146. The van der Waals surface area contributed by atoms with Gasteiger partial charge >= 0.3 is 0 Å². The van der Waals surface area contributed by atoms with Crippen molar-refractivity contribution in [3.63, 3.8) is 0 Å². The van der Waals surface area contributed by atoms with E-state index in [4.69, 9.17) is 5.73 Å². The van der Waals surface area contributed by atoms with E-state index in [0.717, 1.165) is 31.6 Å². The van der Waals surface area contributed by atoms with E-state index in [1.807, 2.05) is 6.92 Å². The molecule has 0 spiro atoms. The molecule has 0 heterocycles. The molecular weight excluding hydrogens is 196 g/mol. The molecule has 0 fully saturated rings. The van der Waals surface area contributed by atoms with Gasteiger partial charge in [-0.15, -0.1) is 0 Å². The first-order valence-corrected chi connectivity index (χ1v) is 6.42. The molecule has 1 amide bonds.